The first kappa shape index (κ1) is 37.9. The second-order valence-corrected chi connectivity index (χ2v) is 17.5. The lowest BCUT2D eigenvalue weighted by atomic mass is 9.66. The van der Waals surface area contributed by atoms with Crippen LogP contribution in [0.2, 0.25) is 0 Å². The van der Waals surface area contributed by atoms with Gasteiger partial charge in [-0.2, -0.15) is 24.4 Å². The van der Waals surface area contributed by atoms with Gasteiger partial charge in [0.1, 0.15) is 0 Å². The van der Waals surface area contributed by atoms with Crippen LogP contribution < -0.4 is 0 Å². The Labute approximate surface area is 270 Å². The van der Waals surface area contributed by atoms with Crippen LogP contribution in [0.3, 0.4) is 0 Å². The fourth-order valence-corrected chi connectivity index (χ4v) is 10.1. The first-order valence-corrected chi connectivity index (χ1v) is 20.8. The van der Waals surface area contributed by atoms with Crippen molar-refractivity contribution in [2.24, 2.45) is 11.3 Å². The minimum absolute atomic E-state index is 0.327. The third-order valence-electron chi connectivity index (χ3n) is 11.4. The molecule has 2 rings (SSSR count). The highest BCUT2D eigenvalue weighted by Gasteiger charge is 2.39. The average molecular weight is 609 g/mol. The van der Waals surface area contributed by atoms with E-state index in [1.807, 2.05) is 0 Å². The van der Waals surface area contributed by atoms with Crippen molar-refractivity contribution in [2.75, 3.05) is 5.75 Å². The van der Waals surface area contributed by atoms with E-state index in [1.54, 1.807) is 0 Å². The normalized spacial score (nSPS) is 31.3. The van der Waals surface area contributed by atoms with Crippen molar-refractivity contribution in [2.45, 2.75) is 230 Å². The molecule has 2 aliphatic rings. The van der Waals surface area contributed by atoms with Gasteiger partial charge in [0, 0.05) is 10.00 Å². The number of thiol groups is 1. The number of hydrogen-bond acceptors (Lipinski definition) is 2. The van der Waals surface area contributed by atoms with E-state index in [0.717, 1.165) is 5.92 Å². The van der Waals surface area contributed by atoms with Gasteiger partial charge in [-0.05, 0) is 56.1 Å². The quantitative estimate of drug-likeness (QED) is 0.311. The summed E-state index contributed by atoms with van der Waals surface area (Å²) in [5.41, 5.74) is 0.509. The van der Waals surface area contributed by atoms with Crippen molar-refractivity contribution in [3.05, 3.63) is 0 Å². The molecule has 0 saturated heterocycles. The molecular formula is C39H76S2. The molecule has 0 N–H and O–H groups in total. The van der Waals surface area contributed by atoms with Crippen molar-refractivity contribution in [1.29, 1.82) is 0 Å². The summed E-state index contributed by atoms with van der Waals surface area (Å²) in [6.07, 6.45) is 45.3. The average Bonchev–Trinajstić information content (AvgIpc) is 2.95. The zero-order valence-corrected chi connectivity index (χ0v) is 30.3. The zero-order valence-electron chi connectivity index (χ0n) is 28.6. The van der Waals surface area contributed by atoms with Gasteiger partial charge in [0.25, 0.3) is 0 Å². The number of rotatable bonds is 3. The second-order valence-electron chi connectivity index (χ2n) is 15.1. The Hall–Kier alpha value is 0.700. The van der Waals surface area contributed by atoms with Gasteiger partial charge < -0.3 is 0 Å². The summed E-state index contributed by atoms with van der Waals surface area (Å²) < 4.78 is 0.327. The minimum Gasteiger partial charge on any atom is -0.174 e. The molecule has 0 bridgehead atoms. The lowest BCUT2D eigenvalue weighted by Gasteiger charge is -2.43. The van der Waals surface area contributed by atoms with Gasteiger partial charge in [-0.25, -0.2) is 0 Å². The van der Waals surface area contributed by atoms with E-state index in [0.29, 0.717) is 15.4 Å². The van der Waals surface area contributed by atoms with E-state index < -0.39 is 0 Å². The number of thioether (sulfide) groups is 1. The highest BCUT2D eigenvalue weighted by Crippen LogP contribution is 2.48. The van der Waals surface area contributed by atoms with E-state index >= 15 is 0 Å². The van der Waals surface area contributed by atoms with E-state index in [9.17, 15) is 0 Å². The van der Waals surface area contributed by atoms with Crippen molar-refractivity contribution in [3.8, 4) is 0 Å². The lowest BCUT2D eigenvalue weighted by Crippen LogP contribution is -2.38. The van der Waals surface area contributed by atoms with Crippen molar-refractivity contribution in [1.82, 2.24) is 0 Å². The molecule has 0 nitrogen and oxygen atoms in total. The maximum atomic E-state index is 5.53. The molecule has 244 valence electrons. The van der Waals surface area contributed by atoms with Gasteiger partial charge >= 0.3 is 0 Å². The second kappa shape index (κ2) is 24.0. The molecule has 3 atom stereocenters. The highest BCUT2D eigenvalue weighted by atomic mass is 32.2. The molecule has 3 unspecified atom stereocenters. The topological polar surface area (TPSA) is 0 Å². The predicted octanol–water partition coefficient (Wildman–Crippen LogP) is 14.5. The lowest BCUT2D eigenvalue weighted by molar-refractivity contribution is 0.118. The summed E-state index contributed by atoms with van der Waals surface area (Å²) in [6.45, 7) is 7.73. The smallest absolute Gasteiger partial charge is 0.0247 e. The van der Waals surface area contributed by atoms with E-state index in [4.69, 9.17) is 12.6 Å². The molecule has 2 heteroatoms. The summed E-state index contributed by atoms with van der Waals surface area (Å²) in [5.74, 6) is 2.08. The molecule has 2 saturated carbocycles. The standard InChI is InChI=1S/C39H76S2/c1-4-41-39(3)34-30-26-22-18-14-10-5-7-11-15-19-23-27-31-36(35-37(39)40)38(2)32-28-24-20-16-12-8-6-9-13-17-21-25-29-33-38/h36-37,40H,4-35H2,1-3H3. The van der Waals surface area contributed by atoms with Gasteiger partial charge in [0.05, 0.1) is 0 Å². The van der Waals surface area contributed by atoms with E-state index in [-0.39, 0.29) is 0 Å². The Morgan fingerprint density at radius 1 is 0.488 bits per heavy atom. The Morgan fingerprint density at radius 3 is 1.17 bits per heavy atom. The molecule has 0 aromatic carbocycles. The van der Waals surface area contributed by atoms with Crippen LogP contribution in [0.5, 0.6) is 0 Å². The van der Waals surface area contributed by atoms with Gasteiger partial charge in [0.2, 0.25) is 0 Å². The molecule has 0 aromatic rings. The molecule has 0 heterocycles. The first-order chi connectivity index (χ1) is 20.0. The fourth-order valence-electron chi connectivity index (χ4n) is 8.28. The SMILES string of the molecule is CCSC1(C)CCCCCCCCCCCCCCCC(C2(C)CCCCCCCCCCCCCCC2)CC1S. The summed E-state index contributed by atoms with van der Waals surface area (Å²) in [7, 11) is 0. The molecule has 2 aliphatic carbocycles. The van der Waals surface area contributed by atoms with Crippen LogP contribution in [0.4, 0.5) is 0 Å². The Morgan fingerprint density at radius 2 is 0.805 bits per heavy atom. The van der Waals surface area contributed by atoms with Crippen molar-refractivity contribution in [3.63, 3.8) is 0 Å². The Bertz CT molecular complexity index is 572. The van der Waals surface area contributed by atoms with Crippen LogP contribution in [0.15, 0.2) is 0 Å². The number of hydrogen-bond donors (Lipinski definition) is 1. The predicted molar refractivity (Wildman–Crippen MR) is 194 cm³/mol. The summed E-state index contributed by atoms with van der Waals surface area (Å²) in [5, 5.41) is 0.525. The maximum absolute atomic E-state index is 5.53. The molecule has 0 amide bonds. The Kier molecular flexibility index (Phi) is 22.2. The maximum Gasteiger partial charge on any atom is 0.0247 e. The van der Waals surface area contributed by atoms with Gasteiger partial charge in [0.15, 0.2) is 0 Å². The summed E-state index contributed by atoms with van der Waals surface area (Å²) in [6, 6.07) is 0. The fraction of sp³-hybridized carbons (Fsp3) is 1.00. The monoisotopic (exact) mass is 609 g/mol. The van der Waals surface area contributed by atoms with Gasteiger partial charge in [-0.3, -0.25) is 0 Å². The van der Waals surface area contributed by atoms with Crippen LogP contribution in [-0.4, -0.2) is 15.7 Å². The molecule has 41 heavy (non-hydrogen) atoms. The van der Waals surface area contributed by atoms with E-state index in [2.05, 4.69) is 32.5 Å². The molecule has 0 aliphatic heterocycles. The van der Waals surface area contributed by atoms with Crippen LogP contribution in [0.1, 0.15) is 220 Å². The molecule has 0 radical (unpaired) electrons. The van der Waals surface area contributed by atoms with Crippen LogP contribution in [0.25, 0.3) is 0 Å². The zero-order chi connectivity index (χ0) is 29.5. The first-order valence-electron chi connectivity index (χ1n) is 19.3. The largest absolute Gasteiger partial charge is 0.174 e. The van der Waals surface area contributed by atoms with Gasteiger partial charge in [-0.15, -0.1) is 0 Å². The molecular weight excluding hydrogens is 533 g/mol. The highest BCUT2D eigenvalue weighted by molar-refractivity contribution is 8.01. The minimum atomic E-state index is 0.327. The Balaban J connectivity index is 2.15. The third kappa shape index (κ3) is 17.1. The third-order valence-corrected chi connectivity index (χ3v) is 13.8. The van der Waals surface area contributed by atoms with Crippen molar-refractivity contribution < 1.29 is 0 Å². The van der Waals surface area contributed by atoms with Crippen LogP contribution >= 0.6 is 24.4 Å². The molecule has 0 spiro atoms. The van der Waals surface area contributed by atoms with E-state index in [1.165, 1.54) is 205 Å². The summed E-state index contributed by atoms with van der Waals surface area (Å²) in [4.78, 5) is 0. The molecule has 2 fully saturated rings. The van der Waals surface area contributed by atoms with Crippen LogP contribution in [0, 0.1) is 11.3 Å². The molecule has 0 aromatic heterocycles. The summed E-state index contributed by atoms with van der Waals surface area (Å²) >= 11 is 7.77. The van der Waals surface area contributed by atoms with Crippen LogP contribution in [-0.2, 0) is 0 Å². The van der Waals surface area contributed by atoms with Crippen molar-refractivity contribution >= 4 is 24.4 Å². The van der Waals surface area contributed by atoms with Gasteiger partial charge in [-0.1, -0.05) is 181 Å².